The molecule has 0 spiro atoms. The first-order valence-electron chi connectivity index (χ1n) is 13.0. The summed E-state index contributed by atoms with van der Waals surface area (Å²) < 4.78 is 14.5. The molecule has 0 N–H and O–H groups in total. The smallest absolute Gasteiger partial charge is 0.217 e. The molecule has 2 heterocycles. The fraction of sp³-hybridized carbons (Fsp3) is 0.242. The van der Waals surface area contributed by atoms with Crippen molar-refractivity contribution in [2.24, 2.45) is 0 Å². The Hall–Kier alpha value is -4.05. The Balaban J connectivity index is 1.90. The van der Waals surface area contributed by atoms with E-state index in [9.17, 15) is 0 Å². The van der Waals surface area contributed by atoms with Crippen LogP contribution < -0.4 is 18.9 Å². The Morgan fingerprint density at radius 3 is 1.97 bits per heavy atom. The maximum atomic E-state index is 6.05. The van der Waals surface area contributed by atoms with Crippen molar-refractivity contribution in [3.63, 3.8) is 0 Å². The zero-order valence-electron chi connectivity index (χ0n) is 22.5. The first kappa shape index (κ1) is 23.4. The summed E-state index contributed by atoms with van der Waals surface area (Å²) in [7, 11) is 3.53. The third kappa shape index (κ3) is 3.32. The molecule has 0 unspecified atom stereocenters. The molecule has 0 bridgehead atoms. The van der Waals surface area contributed by atoms with Crippen molar-refractivity contribution < 1.29 is 14.0 Å². The molecule has 1 aromatic heterocycles. The highest BCUT2D eigenvalue weighted by molar-refractivity contribution is 6.21. The Kier molecular flexibility index (Phi) is 5.56. The van der Waals surface area contributed by atoms with E-state index >= 15 is 0 Å². The van der Waals surface area contributed by atoms with E-state index < -0.39 is 0 Å². The van der Waals surface area contributed by atoms with Gasteiger partial charge in [0.15, 0.2) is 0 Å². The van der Waals surface area contributed by atoms with Crippen LogP contribution in [-0.2, 0) is 6.54 Å². The van der Waals surface area contributed by atoms with Crippen molar-refractivity contribution >= 4 is 38.9 Å². The highest BCUT2D eigenvalue weighted by Gasteiger charge is 2.35. The number of fused-ring (bicyclic) bond motifs is 4. The SMILES string of the molecule is CCC[n+]1c2cccc(OC)c2c2c3c(cccc31)N(c1c(C)cc(C)cc1C)c1cccc(OC)c1-2. The highest BCUT2D eigenvalue weighted by atomic mass is 16.5. The molecular formula is C33H33N2O2+. The van der Waals surface area contributed by atoms with E-state index in [0.29, 0.717) is 0 Å². The minimum absolute atomic E-state index is 0.862. The fourth-order valence-electron chi connectivity index (χ4n) is 6.35. The standard InChI is InChI=1S/C33H33N2O2/c1-7-17-34-23-11-8-13-25-29(23)32(30-24(34)12-9-15-27(30)36-5)31-26(14-10-16-28(31)37-6)35(25)33-21(3)18-20(2)19-22(33)4/h8-16,18-19H,7,17H2,1-6H3/q+1. The molecule has 6 rings (SSSR count). The maximum Gasteiger partial charge on any atom is 0.217 e. The molecule has 0 aliphatic carbocycles. The molecular weight excluding hydrogens is 456 g/mol. The van der Waals surface area contributed by atoms with Crippen LogP contribution in [0, 0.1) is 20.8 Å². The van der Waals surface area contributed by atoms with E-state index in [1.54, 1.807) is 14.2 Å². The van der Waals surface area contributed by atoms with Gasteiger partial charge >= 0.3 is 0 Å². The summed E-state index contributed by atoms with van der Waals surface area (Å²) >= 11 is 0. The zero-order valence-corrected chi connectivity index (χ0v) is 22.5. The van der Waals surface area contributed by atoms with Crippen LogP contribution in [0.5, 0.6) is 11.5 Å². The van der Waals surface area contributed by atoms with Crippen molar-refractivity contribution in [3.05, 3.63) is 83.4 Å². The van der Waals surface area contributed by atoms with Gasteiger partial charge in [-0.3, -0.25) is 0 Å². The molecule has 1 aliphatic heterocycles. The molecule has 4 nitrogen and oxygen atoms in total. The summed E-state index contributed by atoms with van der Waals surface area (Å²) in [5.41, 5.74) is 12.0. The number of benzene rings is 4. The number of methoxy groups -OCH3 is 2. The lowest BCUT2D eigenvalue weighted by molar-refractivity contribution is -0.645. The van der Waals surface area contributed by atoms with E-state index in [0.717, 1.165) is 41.1 Å². The molecule has 0 radical (unpaired) electrons. The molecule has 4 heteroatoms. The minimum Gasteiger partial charge on any atom is -0.496 e. The molecule has 1 aliphatic rings. The summed E-state index contributed by atoms with van der Waals surface area (Å²) in [6, 6.07) is 24.0. The molecule has 0 saturated heterocycles. The Bertz CT molecular complexity index is 1680. The van der Waals surface area contributed by atoms with Gasteiger partial charge in [0.1, 0.15) is 18.0 Å². The lowest BCUT2D eigenvalue weighted by Gasteiger charge is -2.36. The lowest BCUT2D eigenvalue weighted by atomic mass is 9.87. The number of rotatable bonds is 5. The van der Waals surface area contributed by atoms with Crippen LogP contribution in [0.1, 0.15) is 30.0 Å². The lowest BCUT2D eigenvalue weighted by Crippen LogP contribution is -2.36. The molecule has 0 amide bonds. The van der Waals surface area contributed by atoms with Gasteiger partial charge in [0.05, 0.1) is 42.1 Å². The summed E-state index contributed by atoms with van der Waals surface area (Å²) in [6.07, 6.45) is 1.04. The molecule has 0 fully saturated rings. The monoisotopic (exact) mass is 489 g/mol. The summed E-state index contributed by atoms with van der Waals surface area (Å²) in [6.45, 7) is 9.75. The first-order valence-corrected chi connectivity index (χ1v) is 13.0. The van der Waals surface area contributed by atoms with Crippen LogP contribution in [0.2, 0.25) is 0 Å². The Morgan fingerprint density at radius 1 is 0.703 bits per heavy atom. The van der Waals surface area contributed by atoms with Crippen LogP contribution in [0.15, 0.2) is 66.7 Å². The predicted octanol–water partition coefficient (Wildman–Crippen LogP) is 8.08. The van der Waals surface area contributed by atoms with Crippen molar-refractivity contribution in [1.82, 2.24) is 0 Å². The number of pyridine rings is 1. The fourth-order valence-corrected chi connectivity index (χ4v) is 6.35. The van der Waals surface area contributed by atoms with Gasteiger partial charge in [-0.15, -0.1) is 0 Å². The Morgan fingerprint density at radius 2 is 1.30 bits per heavy atom. The zero-order chi connectivity index (χ0) is 25.8. The van der Waals surface area contributed by atoms with Crippen LogP contribution in [-0.4, -0.2) is 14.2 Å². The quantitative estimate of drug-likeness (QED) is 0.181. The summed E-state index contributed by atoms with van der Waals surface area (Å²) in [5, 5.41) is 2.35. The molecule has 5 aromatic rings. The second kappa shape index (κ2) is 8.81. The molecule has 0 saturated carbocycles. The van der Waals surface area contributed by atoms with Crippen molar-refractivity contribution in [2.75, 3.05) is 19.1 Å². The number of aromatic nitrogens is 1. The number of hydrogen-bond acceptors (Lipinski definition) is 3. The van der Waals surface area contributed by atoms with Crippen LogP contribution in [0.3, 0.4) is 0 Å². The number of aryl methyl sites for hydroxylation is 4. The van der Waals surface area contributed by atoms with Gasteiger partial charge < -0.3 is 14.4 Å². The topological polar surface area (TPSA) is 25.6 Å². The molecule has 4 aromatic carbocycles. The second-order valence-corrected chi connectivity index (χ2v) is 9.99. The normalized spacial score (nSPS) is 12.2. The summed E-state index contributed by atoms with van der Waals surface area (Å²) in [5.74, 6) is 1.74. The van der Waals surface area contributed by atoms with Crippen molar-refractivity contribution in [3.8, 4) is 22.6 Å². The van der Waals surface area contributed by atoms with E-state index in [4.69, 9.17) is 9.47 Å². The van der Waals surface area contributed by atoms with Gasteiger partial charge in [0.2, 0.25) is 11.0 Å². The van der Waals surface area contributed by atoms with Crippen LogP contribution in [0.4, 0.5) is 17.1 Å². The maximum absolute atomic E-state index is 6.05. The van der Waals surface area contributed by atoms with E-state index in [1.165, 1.54) is 50.0 Å². The predicted molar refractivity (Wildman–Crippen MR) is 153 cm³/mol. The molecule has 0 atom stereocenters. The third-order valence-electron chi connectivity index (χ3n) is 7.59. The van der Waals surface area contributed by atoms with Gasteiger partial charge in [-0.05, 0) is 56.2 Å². The number of nitrogens with zero attached hydrogens (tertiary/aromatic N) is 2. The first-order chi connectivity index (χ1) is 18.0. The third-order valence-corrected chi connectivity index (χ3v) is 7.59. The second-order valence-electron chi connectivity index (χ2n) is 9.99. The van der Waals surface area contributed by atoms with Gasteiger partial charge in [-0.25, -0.2) is 0 Å². The molecule has 186 valence electrons. The highest BCUT2D eigenvalue weighted by Crippen LogP contribution is 2.57. The average molecular weight is 490 g/mol. The van der Waals surface area contributed by atoms with Gasteiger partial charge in [0.25, 0.3) is 0 Å². The van der Waals surface area contributed by atoms with Crippen LogP contribution >= 0.6 is 0 Å². The van der Waals surface area contributed by atoms with E-state index in [-0.39, 0.29) is 0 Å². The van der Waals surface area contributed by atoms with Gasteiger partial charge in [0, 0.05) is 29.7 Å². The van der Waals surface area contributed by atoms with E-state index in [1.807, 2.05) is 0 Å². The minimum atomic E-state index is 0.862. The number of anilines is 3. The van der Waals surface area contributed by atoms with Gasteiger partial charge in [-0.2, -0.15) is 4.57 Å². The Labute approximate surface area is 218 Å². The molecule has 37 heavy (non-hydrogen) atoms. The van der Waals surface area contributed by atoms with Crippen molar-refractivity contribution in [1.29, 1.82) is 0 Å². The largest absolute Gasteiger partial charge is 0.496 e. The average Bonchev–Trinajstić information content (AvgIpc) is 2.90. The van der Waals surface area contributed by atoms with E-state index in [2.05, 4.69) is 104 Å². The van der Waals surface area contributed by atoms with Crippen molar-refractivity contribution in [2.45, 2.75) is 40.7 Å². The van der Waals surface area contributed by atoms with Gasteiger partial charge in [-0.1, -0.05) is 42.8 Å². The summed E-state index contributed by atoms with van der Waals surface area (Å²) in [4.78, 5) is 2.44. The van der Waals surface area contributed by atoms with Crippen LogP contribution in [0.25, 0.3) is 32.9 Å². The number of ether oxygens (including phenoxy) is 2. The number of hydrogen-bond donors (Lipinski definition) is 0.